The molecule has 0 radical (unpaired) electrons. The molecule has 1 N–H and O–H groups in total. The highest BCUT2D eigenvalue weighted by Crippen LogP contribution is 2.16. The van der Waals surface area contributed by atoms with Gasteiger partial charge in [-0.05, 0) is 19.8 Å². The van der Waals surface area contributed by atoms with Crippen molar-refractivity contribution in [2.45, 2.75) is 31.4 Å². The summed E-state index contributed by atoms with van der Waals surface area (Å²) in [6.07, 6.45) is 1.51. The molecule has 0 saturated carbocycles. The van der Waals surface area contributed by atoms with Gasteiger partial charge >= 0.3 is 0 Å². The lowest BCUT2D eigenvalue weighted by Gasteiger charge is -2.26. The van der Waals surface area contributed by atoms with Crippen LogP contribution in [0.3, 0.4) is 0 Å². The lowest BCUT2D eigenvalue weighted by Crippen LogP contribution is -2.50. The minimum Gasteiger partial charge on any atom is -0.377 e. The zero-order valence-electron chi connectivity index (χ0n) is 9.21. The number of hydrogen-bond donors (Lipinski definition) is 1. The van der Waals surface area contributed by atoms with Crippen molar-refractivity contribution < 1.29 is 13.2 Å². The summed E-state index contributed by atoms with van der Waals surface area (Å²) in [5, 5.41) is 0. The van der Waals surface area contributed by atoms with Crippen LogP contribution < -0.4 is 4.72 Å². The Hall–Kier alpha value is 0.450. The number of hydrogen-bond acceptors (Lipinski definition) is 3. The zero-order valence-corrected chi connectivity index (χ0v) is 11.5. The van der Waals surface area contributed by atoms with E-state index in [0.29, 0.717) is 6.61 Å². The molecule has 0 bridgehead atoms. The van der Waals surface area contributed by atoms with Gasteiger partial charge in [-0.25, -0.2) is 13.1 Å². The third-order valence-electron chi connectivity index (χ3n) is 2.42. The lowest BCUT2D eigenvalue weighted by atomic mass is 10.1. The van der Waals surface area contributed by atoms with Crippen LogP contribution in [0.15, 0.2) is 0 Å². The fraction of sp³-hybridized carbons (Fsp3) is 1.00. The van der Waals surface area contributed by atoms with Crippen molar-refractivity contribution in [2.24, 2.45) is 0 Å². The quantitative estimate of drug-likeness (QED) is 0.751. The molecule has 0 aromatic rings. The summed E-state index contributed by atoms with van der Waals surface area (Å²) in [4.78, 5) is 0. The van der Waals surface area contributed by atoms with Crippen LogP contribution >= 0.6 is 23.2 Å². The molecule has 0 aliphatic carbocycles. The summed E-state index contributed by atoms with van der Waals surface area (Å²) in [6.45, 7) is 2.32. The third kappa shape index (κ3) is 4.37. The fourth-order valence-corrected chi connectivity index (χ4v) is 3.84. The molecule has 0 spiro atoms. The SMILES string of the molecule is CC(CCl)(CCl)NS(=O)(=O)CC1CCCO1. The second-order valence-corrected chi connectivity index (χ2v) is 6.65. The number of alkyl halides is 2. The van der Waals surface area contributed by atoms with Crippen molar-refractivity contribution in [1.82, 2.24) is 4.72 Å². The van der Waals surface area contributed by atoms with E-state index in [1.165, 1.54) is 0 Å². The van der Waals surface area contributed by atoms with Gasteiger partial charge in [0, 0.05) is 18.4 Å². The molecule has 0 aromatic heterocycles. The summed E-state index contributed by atoms with van der Waals surface area (Å²) in [6, 6.07) is 0. The summed E-state index contributed by atoms with van der Waals surface area (Å²) in [5.74, 6) is 0.263. The highest BCUT2D eigenvalue weighted by atomic mass is 35.5. The molecular weight excluding hydrogens is 273 g/mol. The molecule has 0 aromatic carbocycles. The Bertz CT molecular complexity index is 311. The van der Waals surface area contributed by atoms with Gasteiger partial charge in [0.15, 0.2) is 0 Å². The van der Waals surface area contributed by atoms with E-state index < -0.39 is 15.6 Å². The average Bonchev–Trinajstić information content (AvgIpc) is 2.68. The Morgan fingerprint density at radius 2 is 2.06 bits per heavy atom. The van der Waals surface area contributed by atoms with E-state index in [4.69, 9.17) is 27.9 Å². The van der Waals surface area contributed by atoms with Gasteiger partial charge in [-0.2, -0.15) is 0 Å². The molecule has 96 valence electrons. The predicted octanol–water partition coefficient (Wildman–Crippen LogP) is 1.32. The lowest BCUT2D eigenvalue weighted by molar-refractivity contribution is 0.127. The van der Waals surface area contributed by atoms with Gasteiger partial charge in [0.05, 0.1) is 17.4 Å². The van der Waals surface area contributed by atoms with Crippen molar-refractivity contribution in [3.63, 3.8) is 0 Å². The van der Waals surface area contributed by atoms with Crippen LogP contribution in [0.25, 0.3) is 0 Å². The first kappa shape index (κ1) is 14.5. The Labute approximate surface area is 107 Å². The van der Waals surface area contributed by atoms with E-state index in [9.17, 15) is 8.42 Å². The highest BCUT2D eigenvalue weighted by molar-refractivity contribution is 7.89. The van der Waals surface area contributed by atoms with Gasteiger partial charge in [0.25, 0.3) is 0 Å². The highest BCUT2D eigenvalue weighted by Gasteiger charge is 2.31. The largest absolute Gasteiger partial charge is 0.377 e. The first-order valence-corrected chi connectivity index (χ1v) is 7.88. The second-order valence-electron chi connectivity index (χ2n) is 4.35. The normalized spacial score (nSPS) is 22.6. The Balaban J connectivity index is 2.56. The molecule has 1 aliphatic heterocycles. The minimum absolute atomic E-state index is 0.0175. The molecular formula is C9H17Cl2NO3S. The molecule has 4 nitrogen and oxygen atoms in total. The Kier molecular flexibility index (Phi) is 5.32. The van der Waals surface area contributed by atoms with E-state index in [1.807, 2.05) is 0 Å². The maximum Gasteiger partial charge on any atom is 0.214 e. The molecule has 1 rings (SSSR count). The van der Waals surface area contributed by atoms with E-state index >= 15 is 0 Å². The van der Waals surface area contributed by atoms with Gasteiger partial charge < -0.3 is 4.74 Å². The molecule has 1 saturated heterocycles. The predicted molar refractivity (Wildman–Crippen MR) is 65.7 cm³/mol. The maximum atomic E-state index is 11.8. The molecule has 1 atom stereocenters. The summed E-state index contributed by atoms with van der Waals surface area (Å²) >= 11 is 11.4. The van der Waals surface area contributed by atoms with Gasteiger partial charge in [0.2, 0.25) is 10.0 Å². The van der Waals surface area contributed by atoms with E-state index in [0.717, 1.165) is 12.8 Å². The molecule has 1 fully saturated rings. The average molecular weight is 290 g/mol. The van der Waals surface area contributed by atoms with Crippen LogP contribution in [0.4, 0.5) is 0 Å². The molecule has 7 heteroatoms. The van der Waals surface area contributed by atoms with Gasteiger partial charge in [-0.3, -0.25) is 0 Å². The van der Waals surface area contributed by atoms with Crippen molar-refractivity contribution in [2.75, 3.05) is 24.1 Å². The standard InChI is InChI=1S/C9H17Cl2NO3S/c1-9(6-10,7-11)12-16(13,14)5-8-3-2-4-15-8/h8,12H,2-7H2,1H3. The van der Waals surface area contributed by atoms with Crippen LogP contribution in [0.2, 0.25) is 0 Å². The molecule has 0 amide bonds. The van der Waals surface area contributed by atoms with Crippen molar-refractivity contribution in [1.29, 1.82) is 0 Å². The monoisotopic (exact) mass is 289 g/mol. The van der Waals surface area contributed by atoms with Gasteiger partial charge in [-0.15, -0.1) is 23.2 Å². The summed E-state index contributed by atoms with van der Waals surface area (Å²) in [7, 11) is -3.39. The van der Waals surface area contributed by atoms with Crippen molar-refractivity contribution >= 4 is 33.2 Å². The van der Waals surface area contributed by atoms with Gasteiger partial charge in [-0.1, -0.05) is 0 Å². The zero-order chi connectivity index (χ0) is 12.2. The topological polar surface area (TPSA) is 55.4 Å². The van der Waals surface area contributed by atoms with Gasteiger partial charge in [0.1, 0.15) is 0 Å². The van der Waals surface area contributed by atoms with Crippen molar-refractivity contribution in [3.8, 4) is 0 Å². The maximum absolute atomic E-state index is 11.8. The number of rotatable bonds is 6. The van der Waals surface area contributed by atoms with Crippen molar-refractivity contribution in [3.05, 3.63) is 0 Å². The first-order chi connectivity index (χ1) is 7.41. The first-order valence-electron chi connectivity index (χ1n) is 5.16. The van der Waals surface area contributed by atoms with Crippen LogP contribution in [0.1, 0.15) is 19.8 Å². The number of ether oxygens (including phenoxy) is 1. The molecule has 16 heavy (non-hydrogen) atoms. The number of nitrogens with one attached hydrogen (secondary N) is 1. The van der Waals surface area contributed by atoms with E-state index in [2.05, 4.69) is 4.72 Å². The Morgan fingerprint density at radius 1 is 1.44 bits per heavy atom. The van der Waals surface area contributed by atoms with Crippen LogP contribution in [0.5, 0.6) is 0 Å². The molecule has 1 unspecified atom stereocenters. The Morgan fingerprint density at radius 3 is 2.50 bits per heavy atom. The molecule has 1 heterocycles. The number of halogens is 2. The smallest absolute Gasteiger partial charge is 0.214 e. The van der Waals surface area contributed by atoms with Crippen LogP contribution in [-0.4, -0.2) is 44.2 Å². The third-order valence-corrected chi connectivity index (χ3v) is 5.22. The number of sulfonamides is 1. The molecule has 1 aliphatic rings. The van der Waals surface area contributed by atoms with E-state index in [1.54, 1.807) is 6.92 Å². The summed E-state index contributed by atoms with van der Waals surface area (Å²) in [5.41, 5.74) is -0.791. The van der Waals surface area contributed by atoms with E-state index in [-0.39, 0.29) is 23.6 Å². The van der Waals surface area contributed by atoms with Crippen LogP contribution in [0, 0.1) is 0 Å². The summed E-state index contributed by atoms with van der Waals surface area (Å²) < 4.78 is 31.4. The minimum atomic E-state index is -3.39. The fourth-order valence-electron chi connectivity index (χ4n) is 1.53. The second kappa shape index (κ2) is 5.87. The van der Waals surface area contributed by atoms with Crippen LogP contribution in [-0.2, 0) is 14.8 Å².